The third-order valence-corrected chi connectivity index (χ3v) is 4.48. The van der Waals surface area contributed by atoms with E-state index in [0.29, 0.717) is 17.9 Å². The number of imidazole rings is 1. The fourth-order valence-electron chi connectivity index (χ4n) is 2.96. The molecule has 5 heteroatoms. The summed E-state index contributed by atoms with van der Waals surface area (Å²) >= 11 is 0. The van der Waals surface area contributed by atoms with Gasteiger partial charge in [0.2, 0.25) is 0 Å². The number of benzene rings is 3. The van der Waals surface area contributed by atoms with E-state index in [-0.39, 0.29) is 5.91 Å². The van der Waals surface area contributed by atoms with Crippen LogP contribution in [0.25, 0.3) is 0 Å². The number of ether oxygens (including phenoxy) is 1. The summed E-state index contributed by atoms with van der Waals surface area (Å²) in [6, 6.07) is 24.9. The predicted octanol–water partition coefficient (Wildman–Crippen LogP) is 4.65. The molecule has 0 aliphatic rings. The van der Waals surface area contributed by atoms with Crippen LogP contribution < -0.4 is 10.1 Å². The zero-order valence-corrected chi connectivity index (χ0v) is 15.9. The molecule has 0 saturated carbocycles. The smallest absolute Gasteiger partial charge is 0.251 e. The van der Waals surface area contributed by atoms with E-state index < -0.39 is 0 Å². The number of para-hydroxylation sites is 1. The van der Waals surface area contributed by atoms with Crippen LogP contribution in [0.5, 0.6) is 11.5 Å². The van der Waals surface area contributed by atoms with Crippen LogP contribution in [-0.2, 0) is 13.1 Å². The van der Waals surface area contributed by atoms with Crippen molar-refractivity contribution in [2.45, 2.75) is 13.1 Å². The van der Waals surface area contributed by atoms with Crippen LogP contribution >= 0.6 is 0 Å². The topological polar surface area (TPSA) is 56.2 Å². The van der Waals surface area contributed by atoms with Gasteiger partial charge in [-0.2, -0.15) is 0 Å². The summed E-state index contributed by atoms with van der Waals surface area (Å²) in [4.78, 5) is 16.6. The zero-order valence-electron chi connectivity index (χ0n) is 15.9. The average Bonchev–Trinajstić information content (AvgIpc) is 3.27. The Hall–Kier alpha value is -3.86. The lowest BCUT2D eigenvalue weighted by atomic mass is 10.1. The minimum Gasteiger partial charge on any atom is -0.457 e. The van der Waals surface area contributed by atoms with Gasteiger partial charge in [-0.3, -0.25) is 4.79 Å². The number of carbonyl (C=O) groups excluding carboxylic acids is 1. The second-order valence-corrected chi connectivity index (χ2v) is 6.68. The Labute approximate surface area is 169 Å². The van der Waals surface area contributed by atoms with E-state index in [9.17, 15) is 4.79 Å². The lowest BCUT2D eigenvalue weighted by Gasteiger charge is -2.09. The molecular weight excluding hydrogens is 362 g/mol. The highest BCUT2D eigenvalue weighted by Gasteiger charge is 2.07. The van der Waals surface area contributed by atoms with Gasteiger partial charge in [0.25, 0.3) is 5.91 Å². The molecule has 0 aliphatic heterocycles. The van der Waals surface area contributed by atoms with E-state index in [1.165, 1.54) is 5.56 Å². The minimum atomic E-state index is -0.133. The third-order valence-electron chi connectivity index (χ3n) is 4.48. The van der Waals surface area contributed by atoms with Gasteiger partial charge >= 0.3 is 0 Å². The maximum Gasteiger partial charge on any atom is 0.251 e. The number of hydrogen-bond acceptors (Lipinski definition) is 3. The highest BCUT2D eigenvalue weighted by atomic mass is 16.5. The van der Waals surface area contributed by atoms with E-state index in [1.54, 1.807) is 24.7 Å². The van der Waals surface area contributed by atoms with Gasteiger partial charge in [0.05, 0.1) is 6.33 Å². The molecule has 0 radical (unpaired) electrons. The van der Waals surface area contributed by atoms with Crippen LogP contribution in [0.15, 0.2) is 97.6 Å². The lowest BCUT2D eigenvalue weighted by Crippen LogP contribution is -2.22. The standard InChI is InChI=1S/C24H21N3O2/c28-24(21-5-4-8-23(15-21)29-22-6-2-1-3-7-22)26-16-19-9-11-20(12-10-19)17-27-14-13-25-18-27/h1-15,18H,16-17H2,(H,26,28). The maximum atomic E-state index is 12.5. The molecule has 1 aromatic heterocycles. The van der Waals surface area contributed by atoms with Crippen molar-refractivity contribution in [2.24, 2.45) is 0 Å². The molecule has 0 bridgehead atoms. The molecule has 0 saturated heterocycles. The summed E-state index contributed by atoms with van der Waals surface area (Å²) in [7, 11) is 0. The number of nitrogens with zero attached hydrogens (tertiary/aromatic N) is 2. The lowest BCUT2D eigenvalue weighted by molar-refractivity contribution is 0.0950. The average molecular weight is 383 g/mol. The Morgan fingerprint density at radius 1 is 0.897 bits per heavy atom. The minimum absolute atomic E-state index is 0.133. The molecule has 1 heterocycles. The first-order chi connectivity index (χ1) is 14.3. The first-order valence-corrected chi connectivity index (χ1v) is 9.41. The summed E-state index contributed by atoms with van der Waals surface area (Å²) in [5.74, 6) is 1.24. The molecule has 3 aromatic carbocycles. The SMILES string of the molecule is O=C(NCc1ccc(Cn2ccnc2)cc1)c1cccc(Oc2ccccc2)c1. The summed E-state index contributed by atoms with van der Waals surface area (Å²) in [5.41, 5.74) is 2.79. The molecule has 29 heavy (non-hydrogen) atoms. The van der Waals surface area contributed by atoms with E-state index in [2.05, 4.69) is 22.4 Å². The van der Waals surface area contributed by atoms with Gasteiger partial charge in [-0.15, -0.1) is 0 Å². The zero-order chi connectivity index (χ0) is 19.9. The van der Waals surface area contributed by atoms with E-state index in [4.69, 9.17) is 4.74 Å². The number of rotatable bonds is 7. The second kappa shape index (κ2) is 8.89. The molecule has 0 fully saturated rings. The van der Waals surface area contributed by atoms with Gasteiger partial charge in [-0.25, -0.2) is 4.98 Å². The largest absolute Gasteiger partial charge is 0.457 e. The Morgan fingerprint density at radius 2 is 1.66 bits per heavy atom. The first-order valence-electron chi connectivity index (χ1n) is 9.41. The van der Waals surface area contributed by atoms with Crippen molar-refractivity contribution in [3.8, 4) is 11.5 Å². The number of amides is 1. The molecule has 1 N–H and O–H groups in total. The predicted molar refractivity (Wildman–Crippen MR) is 112 cm³/mol. The fraction of sp³-hybridized carbons (Fsp3) is 0.0833. The number of hydrogen-bond donors (Lipinski definition) is 1. The molecule has 1 amide bonds. The van der Waals surface area contributed by atoms with Crippen LogP contribution in [0.2, 0.25) is 0 Å². The van der Waals surface area contributed by atoms with Gasteiger partial charge in [0, 0.05) is 31.0 Å². The van der Waals surface area contributed by atoms with Gasteiger partial charge in [-0.1, -0.05) is 48.5 Å². The quantitative estimate of drug-likeness (QED) is 0.505. The van der Waals surface area contributed by atoms with Crippen LogP contribution in [0.4, 0.5) is 0 Å². The fourth-order valence-corrected chi connectivity index (χ4v) is 2.96. The molecule has 0 atom stereocenters. The summed E-state index contributed by atoms with van der Waals surface area (Å²) in [6.45, 7) is 1.24. The van der Waals surface area contributed by atoms with Gasteiger partial charge in [-0.05, 0) is 41.5 Å². The van der Waals surface area contributed by atoms with Crippen molar-refractivity contribution in [1.82, 2.24) is 14.9 Å². The van der Waals surface area contributed by atoms with Crippen LogP contribution in [0.1, 0.15) is 21.5 Å². The normalized spacial score (nSPS) is 10.5. The van der Waals surface area contributed by atoms with Crippen LogP contribution in [0, 0.1) is 0 Å². The van der Waals surface area contributed by atoms with Gasteiger partial charge in [0.1, 0.15) is 11.5 Å². The number of carbonyl (C=O) groups is 1. The Kier molecular flexibility index (Phi) is 5.67. The van der Waals surface area contributed by atoms with Crippen molar-refractivity contribution in [3.63, 3.8) is 0 Å². The summed E-state index contributed by atoms with van der Waals surface area (Å²) in [5, 5.41) is 2.96. The van der Waals surface area contributed by atoms with E-state index in [0.717, 1.165) is 17.9 Å². The Balaban J connectivity index is 1.34. The summed E-state index contributed by atoms with van der Waals surface area (Å²) in [6.07, 6.45) is 5.50. The Morgan fingerprint density at radius 3 is 2.41 bits per heavy atom. The molecule has 144 valence electrons. The third kappa shape index (κ3) is 5.11. The second-order valence-electron chi connectivity index (χ2n) is 6.68. The van der Waals surface area contributed by atoms with Crippen molar-refractivity contribution < 1.29 is 9.53 Å². The van der Waals surface area contributed by atoms with Gasteiger partial charge < -0.3 is 14.6 Å². The molecule has 0 unspecified atom stereocenters. The number of aromatic nitrogens is 2. The van der Waals surface area contributed by atoms with Gasteiger partial charge in [0.15, 0.2) is 0 Å². The molecule has 0 aliphatic carbocycles. The highest BCUT2D eigenvalue weighted by Crippen LogP contribution is 2.21. The molecule has 5 nitrogen and oxygen atoms in total. The van der Waals surface area contributed by atoms with Crippen LogP contribution in [-0.4, -0.2) is 15.5 Å². The summed E-state index contributed by atoms with van der Waals surface area (Å²) < 4.78 is 7.82. The van der Waals surface area contributed by atoms with Crippen molar-refractivity contribution in [3.05, 3.63) is 114 Å². The number of nitrogens with one attached hydrogen (secondary N) is 1. The Bertz CT molecular complexity index is 1060. The van der Waals surface area contributed by atoms with Crippen molar-refractivity contribution in [1.29, 1.82) is 0 Å². The highest BCUT2D eigenvalue weighted by molar-refractivity contribution is 5.94. The van der Waals surface area contributed by atoms with Crippen molar-refractivity contribution in [2.75, 3.05) is 0 Å². The molecule has 4 aromatic rings. The van der Waals surface area contributed by atoms with Crippen molar-refractivity contribution >= 4 is 5.91 Å². The molecule has 0 spiro atoms. The van der Waals surface area contributed by atoms with E-state index in [1.807, 2.05) is 65.4 Å². The van der Waals surface area contributed by atoms with E-state index >= 15 is 0 Å². The first kappa shape index (κ1) is 18.5. The maximum absolute atomic E-state index is 12.5. The van der Waals surface area contributed by atoms with Crippen LogP contribution in [0.3, 0.4) is 0 Å². The molecular formula is C24H21N3O2. The monoisotopic (exact) mass is 383 g/mol. The molecule has 4 rings (SSSR count).